The fourth-order valence-corrected chi connectivity index (χ4v) is 5.74. The van der Waals surface area contributed by atoms with Gasteiger partial charge in [0.25, 0.3) is 0 Å². The summed E-state index contributed by atoms with van der Waals surface area (Å²) in [5, 5.41) is 1.83. The van der Waals surface area contributed by atoms with Crippen LogP contribution in [-0.2, 0) is 11.2 Å². The number of piperazine rings is 1. The average molecular weight is 553 g/mol. The number of H-pyrrole nitrogens is 1. The molecule has 2 aliphatic rings. The lowest BCUT2D eigenvalue weighted by Crippen LogP contribution is -2.44. The molecule has 1 aromatic heterocycles. The van der Waals surface area contributed by atoms with E-state index in [-0.39, 0.29) is 18.1 Å². The first-order valence-corrected chi connectivity index (χ1v) is 14.6. The number of aromatic amines is 1. The molecule has 8 heteroatoms. The second-order valence-electron chi connectivity index (χ2n) is 11.3. The van der Waals surface area contributed by atoms with Gasteiger partial charge in [-0.05, 0) is 80.2 Å². The number of unbranched alkanes of at least 4 members (excludes halogenated alkanes) is 1. The summed E-state index contributed by atoms with van der Waals surface area (Å²) in [6, 6.07) is 13.8. The number of fused-ring (bicyclic) bond motifs is 3. The summed E-state index contributed by atoms with van der Waals surface area (Å²) in [5.74, 6) is 1.13. The molecule has 1 amide bonds. The normalized spacial score (nSPS) is 18.5. The summed E-state index contributed by atoms with van der Waals surface area (Å²) in [4.78, 5) is 23.6. The fraction of sp³-hybridized carbons (Fsp3) is 0.516. The zero-order chi connectivity index (χ0) is 27.4. The predicted molar refractivity (Wildman–Crippen MR) is 157 cm³/mol. The summed E-state index contributed by atoms with van der Waals surface area (Å²) < 4.78 is 11.7. The third kappa shape index (κ3) is 6.71. The Kier molecular flexibility index (Phi) is 9.00. The van der Waals surface area contributed by atoms with Gasteiger partial charge >= 0.3 is 6.09 Å². The molecule has 0 aliphatic carbocycles. The summed E-state index contributed by atoms with van der Waals surface area (Å²) in [6.45, 7) is 11.6. The number of aromatic nitrogens is 1. The van der Waals surface area contributed by atoms with Gasteiger partial charge in [0.1, 0.15) is 11.8 Å². The molecule has 210 valence electrons. The van der Waals surface area contributed by atoms with Gasteiger partial charge in [0.2, 0.25) is 0 Å². The van der Waals surface area contributed by atoms with Gasteiger partial charge in [-0.1, -0.05) is 37.6 Å². The standard InChI is InChI=1S/C31H41ClN4O3/c1-22(2)21-39-31(37)36-14-12-26-27-20-24(32)8-11-28(27)33-29(26)30(36)23-6-9-25(10-7-23)38-19-5-4-13-35-17-15-34(3)16-18-35/h6-11,20,22,30,33H,4-5,12-19,21H2,1-3H3. The van der Waals surface area contributed by atoms with E-state index in [1.165, 1.54) is 5.56 Å². The number of hydrogen-bond acceptors (Lipinski definition) is 5. The van der Waals surface area contributed by atoms with E-state index >= 15 is 0 Å². The predicted octanol–water partition coefficient (Wildman–Crippen LogP) is 5.97. The van der Waals surface area contributed by atoms with E-state index < -0.39 is 0 Å². The summed E-state index contributed by atoms with van der Waals surface area (Å²) in [7, 11) is 2.19. The number of likely N-dealkylation sites (N-methyl/N-ethyl adjacent to an activating group) is 1. The van der Waals surface area contributed by atoms with E-state index in [0.29, 0.717) is 24.8 Å². The highest BCUT2D eigenvalue weighted by molar-refractivity contribution is 6.31. The monoisotopic (exact) mass is 552 g/mol. The summed E-state index contributed by atoms with van der Waals surface area (Å²) in [5.41, 5.74) is 4.30. The molecule has 2 aromatic carbocycles. The molecule has 39 heavy (non-hydrogen) atoms. The Hall–Kier alpha value is -2.74. The van der Waals surface area contributed by atoms with E-state index in [1.54, 1.807) is 0 Å². The number of halogens is 1. The lowest BCUT2D eigenvalue weighted by Gasteiger charge is -2.35. The molecule has 0 radical (unpaired) electrons. The van der Waals surface area contributed by atoms with Crippen LogP contribution in [0, 0.1) is 5.92 Å². The van der Waals surface area contributed by atoms with Crippen LogP contribution in [0.5, 0.6) is 5.75 Å². The number of ether oxygens (including phenoxy) is 2. The number of amides is 1. The minimum atomic E-state index is -0.281. The van der Waals surface area contributed by atoms with Crippen molar-refractivity contribution >= 4 is 28.6 Å². The van der Waals surface area contributed by atoms with Crippen molar-refractivity contribution in [3.63, 3.8) is 0 Å². The smallest absolute Gasteiger partial charge is 0.410 e. The Morgan fingerprint density at radius 2 is 1.82 bits per heavy atom. The molecule has 1 fully saturated rings. The maximum Gasteiger partial charge on any atom is 0.410 e. The Morgan fingerprint density at radius 1 is 1.05 bits per heavy atom. The molecule has 0 bridgehead atoms. The van der Waals surface area contributed by atoms with Crippen molar-refractivity contribution < 1.29 is 14.3 Å². The number of benzene rings is 2. The van der Waals surface area contributed by atoms with Crippen LogP contribution >= 0.6 is 11.6 Å². The van der Waals surface area contributed by atoms with Gasteiger partial charge in [0, 0.05) is 54.3 Å². The van der Waals surface area contributed by atoms with Crippen LogP contribution in [0.4, 0.5) is 4.79 Å². The fourth-order valence-electron chi connectivity index (χ4n) is 5.57. The Labute approximate surface area is 237 Å². The number of rotatable bonds is 9. The van der Waals surface area contributed by atoms with Crippen LogP contribution in [-0.4, -0.2) is 85.3 Å². The highest BCUT2D eigenvalue weighted by Gasteiger charge is 2.35. The number of nitrogens with zero attached hydrogens (tertiary/aromatic N) is 3. The molecule has 1 unspecified atom stereocenters. The number of nitrogens with one attached hydrogen (secondary N) is 1. The Balaban J connectivity index is 1.27. The zero-order valence-corrected chi connectivity index (χ0v) is 24.2. The second-order valence-corrected chi connectivity index (χ2v) is 11.7. The van der Waals surface area contributed by atoms with Gasteiger partial charge < -0.3 is 24.3 Å². The second kappa shape index (κ2) is 12.6. The Bertz CT molecular complexity index is 1250. The minimum Gasteiger partial charge on any atom is -0.494 e. The number of carbonyl (C=O) groups excluding carboxylic acids is 1. The summed E-state index contributed by atoms with van der Waals surface area (Å²) in [6.07, 6.45) is 2.65. The van der Waals surface area contributed by atoms with E-state index in [9.17, 15) is 4.79 Å². The van der Waals surface area contributed by atoms with Crippen LogP contribution in [0.2, 0.25) is 5.02 Å². The van der Waals surface area contributed by atoms with E-state index in [1.807, 2.05) is 49.1 Å². The van der Waals surface area contributed by atoms with Gasteiger partial charge in [-0.25, -0.2) is 4.79 Å². The third-order valence-electron chi connectivity index (χ3n) is 7.79. The maximum atomic E-state index is 13.2. The molecular weight excluding hydrogens is 512 g/mol. The molecule has 5 rings (SSSR count). The van der Waals surface area contributed by atoms with Crippen LogP contribution in [0.15, 0.2) is 42.5 Å². The maximum absolute atomic E-state index is 13.2. The van der Waals surface area contributed by atoms with Crippen molar-refractivity contribution in [1.82, 2.24) is 19.7 Å². The highest BCUT2D eigenvalue weighted by atomic mass is 35.5. The van der Waals surface area contributed by atoms with E-state index in [0.717, 1.165) is 79.9 Å². The molecule has 3 aromatic rings. The van der Waals surface area contributed by atoms with Gasteiger partial charge in [0.05, 0.1) is 13.2 Å². The summed E-state index contributed by atoms with van der Waals surface area (Å²) >= 11 is 6.33. The highest BCUT2D eigenvalue weighted by Crippen LogP contribution is 2.39. The molecule has 0 spiro atoms. The van der Waals surface area contributed by atoms with Gasteiger partial charge in [0.15, 0.2) is 0 Å². The number of carbonyl (C=O) groups is 1. The van der Waals surface area contributed by atoms with Crippen LogP contribution < -0.4 is 4.74 Å². The first-order valence-electron chi connectivity index (χ1n) is 14.3. The first-order chi connectivity index (χ1) is 18.9. The van der Waals surface area contributed by atoms with Crippen molar-refractivity contribution in [2.24, 2.45) is 5.92 Å². The van der Waals surface area contributed by atoms with Crippen LogP contribution in [0.3, 0.4) is 0 Å². The van der Waals surface area contributed by atoms with Gasteiger partial charge in [-0.15, -0.1) is 0 Å². The van der Waals surface area contributed by atoms with Crippen molar-refractivity contribution in [3.05, 3.63) is 64.3 Å². The lowest BCUT2D eigenvalue weighted by atomic mass is 9.92. The van der Waals surface area contributed by atoms with Gasteiger partial charge in [-0.2, -0.15) is 0 Å². The van der Waals surface area contributed by atoms with Crippen molar-refractivity contribution in [2.45, 2.75) is 39.2 Å². The van der Waals surface area contributed by atoms with E-state index in [2.05, 4.69) is 34.0 Å². The van der Waals surface area contributed by atoms with Crippen LogP contribution in [0.25, 0.3) is 10.9 Å². The molecule has 1 N–H and O–H groups in total. The molecule has 2 aliphatic heterocycles. The molecule has 1 saturated heterocycles. The average Bonchev–Trinajstić information content (AvgIpc) is 3.30. The van der Waals surface area contributed by atoms with E-state index in [4.69, 9.17) is 21.1 Å². The van der Waals surface area contributed by atoms with Crippen molar-refractivity contribution in [2.75, 3.05) is 59.5 Å². The van der Waals surface area contributed by atoms with Crippen LogP contribution in [0.1, 0.15) is 49.6 Å². The lowest BCUT2D eigenvalue weighted by molar-refractivity contribution is 0.0797. The molecular formula is C31H41ClN4O3. The van der Waals surface area contributed by atoms with Crippen molar-refractivity contribution in [3.8, 4) is 5.75 Å². The molecule has 1 atom stereocenters. The first kappa shape index (κ1) is 27.8. The van der Waals surface area contributed by atoms with Gasteiger partial charge in [-0.3, -0.25) is 4.90 Å². The zero-order valence-electron chi connectivity index (χ0n) is 23.4. The molecule has 0 saturated carbocycles. The molecule has 7 nitrogen and oxygen atoms in total. The number of hydrogen-bond donors (Lipinski definition) is 1. The minimum absolute atomic E-state index is 0.266. The Morgan fingerprint density at radius 3 is 2.56 bits per heavy atom. The van der Waals surface area contributed by atoms with Crippen molar-refractivity contribution in [1.29, 1.82) is 0 Å². The SMILES string of the molecule is CC(C)COC(=O)N1CCc2c([nH]c3ccc(Cl)cc23)C1c1ccc(OCCCCN2CCN(C)CC2)cc1. The largest absolute Gasteiger partial charge is 0.494 e. The topological polar surface area (TPSA) is 61.0 Å². The molecule has 3 heterocycles. The third-order valence-corrected chi connectivity index (χ3v) is 8.03. The quantitative estimate of drug-likeness (QED) is 0.331.